The molecule has 0 saturated heterocycles. The van der Waals surface area contributed by atoms with Crippen LogP contribution in [0.2, 0.25) is 0 Å². The minimum atomic E-state index is 0.487. The molecule has 4 rings (SSSR count). The number of ketones is 1. The van der Waals surface area contributed by atoms with Gasteiger partial charge in [-0.3, -0.25) is 4.79 Å². The fourth-order valence-corrected chi connectivity index (χ4v) is 3.77. The van der Waals surface area contributed by atoms with E-state index in [1.807, 2.05) is 0 Å². The molecule has 0 aromatic rings. The first-order chi connectivity index (χ1) is 5.83. The molecule has 1 heteroatoms. The lowest BCUT2D eigenvalue weighted by Gasteiger charge is -2.37. The van der Waals surface area contributed by atoms with Crippen molar-refractivity contribution < 1.29 is 4.79 Å². The van der Waals surface area contributed by atoms with E-state index in [2.05, 4.69) is 0 Å². The largest absolute Gasteiger partial charge is 0.299 e. The fourth-order valence-electron chi connectivity index (χ4n) is 3.77. The Hall–Kier alpha value is -0.330. The van der Waals surface area contributed by atoms with Gasteiger partial charge in [-0.2, -0.15) is 0 Å². The van der Waals surface area contributed by atoms with Gasteiger partial charge in [0.05, 0.1) is 0 Å². The molecule has 4 saturated carbocycles. The van der Waals surface area contributed by atoms with Crippen molar-refractivity contribution in [3.05, 3.63) is 0 Å². The van der Waals surface area contributed by atoms with E-state index in [9.17, 15) is 4.79 Å². The third-order valence-corrected chi connectivity index (χ3v) is 4.25. The van der Waals surface area contributed by atoms with Crippen molar-refractivity contribution in [2.24, 2.45) is 23.7 Å². The second-order valence-electron chi connectivity index (χ2n) is 5.05. The van der Waals surface area contributed by atoms with Crippen molar-refractivity contribution in [2.45, 2.75) is 38.5 Å². The molecule has 0 heterocycles. The van der Waals surface area contributed by atoms with Gasteiger partial charge in [0.25, 0.3) is 0 Å². The molecule has 4 fully saturated rings. The van der Waals surface area contributed by atoms with E-state index >= 15 is 0 Å². The molecular formula is C11H16O. The lowest BCUT2D eigenvalue weighted by molar-refractivity contribution is -0.131. The highest BCUT2D eigenvalue weighted by Gasteiger charge is 2.44. The smallest absolute Gasteiger partial charge is 0.139 e. The second-order valence-corrected chi connectivity index (χ2v) is 5.05. The Balaban J connectivity index is 1.97. The van der Waals surface area contributed by atoms with E-state index in [1.54, 1.807) is 0 Å². The first-order valence-corrected chi connectivity index (χ1v) is 5.36. The Labute approximate surface area is 73.5 Å². The Morgan fingerprint density at radius 3 is 2.50 bits per heavy atom. The van der Waals surface area contributed by atoms with E-state index in [0.717, 1.165) is 11.8 Å². The quantitative estimate of drug-likeness (QED) is 0.537. The van der Waals surface area contributed by atoms with E-state index in [-0.39, 0.29) is 0 Å². The van der Waals surface area contributed by atoms with Gasteiger partial charge >= 0.3 is 0 Å². The summed E-state index contributed by atoms with van der Waals surface area (Å²) in [5, 5.41) is 0. The maximum atomic E-state index is 11.8. The average Bonchev–Trinajstić information content (AvgIpc) is 2.27. The standard InChI is InChI=1S/C11H16O/c12-11-9-2-1-7-3-8(5-9)6-10(11)4-7/h7-10H,1-6H2. The molecule has 0 spiro atoms. The fraction of sp³-hybridized carbons (Fsp3) is 0.909. The first kappa shape index (κ1) is 7.11. The van der Waals surface area contributed by atoms with E-state index in [0.29, 0.717) is 17.6 Å². The maximum Gasteiger partial charge on any atom is 0.139 e. The van der Waals surface area contributed by atoms with Crippen LogP contribution in [0, 0.1) is 23.7 Å². The number of hydrogen-bond acceptors (Lipinski definition) is 1. The van der Waals surface area contributed by atoms with E-state index in [4.69, 9.17) is 0 Å². The third-order valence-electron chi connectivity index (χ3n) is 4.25. The van der Waals surface area contributed by atoms with Crippen LogP contribution in [-0.2, 0) is 4.79 Å². The second kappa shape index (κ2) is 2.34. The van der Waals surface area contributed by atoms with Crippen LogP contribution in [0.1, 0.15) is 38.5 Å². The van der Waals surface area contributed by atoms with Crippen molar-refractivity contribution in [1.82, 2.24) is 0 Å². The highest BCUT2D eigenvalue weighted by Crippen LogP contribution is 2.49. The average molecular weight is 164 g/mol. The molecule has 4 bridgehead atoms. The Kier molecular flexibility index (Phi) is 1.38. The molecule has 0 aromatic heterocycles. The van der Waals surface area contributed by atoms with Gasteiger partial charge in [-0.25, -0.2) is 0 Å². The predicted octanol–water partition coefficient (Wildman–Crippen LogP) is 2.40. The summed E-state index contributed by atoms with van der Waals surface area (Å²) in [5.74, 6) is 3.47. The molecule has 4 aliphatic carbocycles. The van der Waals surface area contributed by atoms with Gasteiger partial charge < -0.3 is 0 Å². The SMILES string of the molecule is O=C1C2CCC3CC(C2)CC1C3. The lowest BCUT2D eigenvalue weighted by Crippen LogP contribution is -2.35. The van der Waals surface area contributed by atoms with Crippen LogP contribution in [0.5, 0.6) is 0 Å². The summed E-state index contributed by atoms with van der Waals surface area (Å²) in [5.41, 5.74) is 0. The number of fused-ring (bicyclic) bond motifs is 1. The molecule has 0 N–H and O–H groups in total. The van der Waals surface area contributed by atoms with Crippen molar-refractivity contribution in [3.8, 4) is 0 Å². The third kappa shape index (κ3) is 0.884. The van der Waals surface area contributed by atoms with Crippen LogP contribution in [0.3, 0.4) is 0 Å². The summed E-state index contributed by atoms with van der Waals surface area (Å²) in [6.07, 6.45) is 7.74. The number of rotatable bonds is 0. The first-order valence-electron chi connectivity index (χ1n) is 5.36. The molecule has 12 heavy (non-hydrogen) atoms. The highest BCUT2D eigenvalue weighted by molar-refractivity contribution is 5.84. The van der Waals surface area contributed by atoms with Crippen molar-refractivity contribution in [2.75, 3.05) is 0 Å². The Morgan fingerprint density at radius 2 is 1.58 bits per heavy atom. The normalized spacial score (nSPS) is 51.2. The van der Waals surface area contributed by atoms with Gasteiger partial charge in [0.1, 0.15) is 5.78 Å². The molecule has 0 amide bonds. The van der Waals surface area contributed by atoms with E-state index < -0.39 is 0 Å². The van der Waals surface area contributed by atoms with Gasteiger partial charge in [0.15, 0.2) is 0 Å². The molecular weight excluding hydrogens is 148 g/mol. The molecule has 4 atom stereocenters. The number of carbonyl (C=O) groups excluding carboxylic acids is 1. The van der Waals surface area contributed by atoms with Crippen molar-refractivity contribution in [1.29, 1.82) is 0 Å². The van der Waals surface area contributed by atoms with Crippen LogP contribution in [0.15, 0.2) is 0 Å². The molecule has 0 aliphatic heterocycles. The van der Waals surface area contributed by atoms with Gasteiger partial charge in [0, 0.05) is 11.8 Å². The molecule has 66 valence electrons. The summed E-state index contributed by atoms with van der Waals surface area (Å²) < 4.78 is 0. The summed E-state index contributed by atoms with van der Waals surface area (Å²) in [6.45, 7) is 0. The topological polar surface area (TPSA) is 17.1 Å². The van der Waals surface area contributed by atoms with Gasteiger partial charge in [0.2, 0.25) is 0 Å². The molecule has 4 aliphatic rings. The van der Waals surface area contributed by atoms with Crippen LogP contribution >= 0.6 is 0 Å². The minimum Gasteiger partial charge on any atom is -0.299 e. The number of Topliss-reactive ketones (excluding diaryl/α,β-unsaturated/α-hetero) is 1. The van der Waals surface area contributed by atoms with Crippen molar-refractivity contribution >= 4 is 5.78 Å². The minimum absolute atomic E-state index is 0.487. The lowest BCUT2D eigenvalue weighted by atomic mass is 9.67. The summed E-state index contributed by atoms with van der Waals surface area (Å²) in [7, 11) is 0. The zero-order valence-electron chi connectivity index (χ0n) is 7.46. The summed E-state index contributed by atoms with van der Waals surface area (Å²) >= 11 is 0. The highest BCUT2D eigenvalue weighted by atomic mass is 16.1. The zero-order valence-corrected chi connectivity index (χ0v) is 7.46. The summed E-state index contributed by atoms with van der Waals surface area (Å²) in [4.78, 5) is 11.8. The van der Waals surface area contributed by atoms with Crippen LogP contribution < -0.4 is 0 Å². The number of carbonyl (C=O) groups is 1. The predicted molar refractivity (Wildman–Crippen MR) is 46.7 cm³/mol. The monoisotopic (exact) mass is 164 g/mol. The van der Waals surface area contributed by atoms with Gasteiger partial charge in [-0.15, -0.1) is 0 Å². The Morgan fingerprint density at radius 1 is 0.833 bits per heavy atom. The number of hydrogen-bond donors (Lipinski definition) is 0. The maximum absolute atomic E-state index is 11.8. The van der Waals surface area contributed by atoms with E-state index in [1.165, 1.54) is 38.5 Å². The van der Waals surface area contributed by atoms with Crippen LogP contribution in [-0.4, -0.2) is 5.78 Å². The summed E-state index contributed by atoms with van der Waals surface area (Å²) in [6, 6.07) is 0. The van der Waals surface area contributed by atoms with Crippen LogP contribution in [0.4, 0.5) is 0 Å². The molecule has 4 unspecified atom stereocenters. The molecule has 0 radical (unpaired) electrons. The zero-order chi connectivity index (χ0) is 8.13. The van der Waals surface area contributed by atoms with Crippen LogP contribution in [0.25, 0.3) is 0 Å². The van der Waals surface area contributed by atoms with Crippen molar-refractivity contribution in [3.63, 3.8) is 0 Å². The van der Waals surface area contributed by atoms with Gasteiger partial charge in [-0.05, 0) is 50.4 Å². The van der Waals surface area contributed by atoms with Gasteiger partial charge in [-0.1, -0.05) is 0 Å². The Bertz CT molecular complexity index is 211. The molecule has 1 nitrogen and oxygen atoms in total. The molecule has 0 aromatic carbocycles.